The molecule has 14 heavy (non-hydrogen) atoms. The maximum absolute atomic E-state index is 8.53. The van der Waals surface area contributed by atoms with Crippen molar-refractivity contribution in [2.75, 3.05) is 0 Å². The Morgan fingerprint density at radius 1 is 1.64 bits per heavy atom. The molecule has 0 spiro atoms. The number of nitrogens with zero attached hydrogens (tertiary/aromatic N) is 4. The molecule has 0 aliphatic rings. The standard InChI is InChI=1S/C9H7ClN4/c1-6-12-5-8-4-7(2-3-11)13-9(10)14(6)8/h4-5H,2H2,1H3. The Hall–Kier alpha value is -1.60. The molecule has 0 amide bonds. The molecule has 5 heteroatoms. The van der Waals surface area contributed by atoms with E-state index in [0.29, 0.717) is 11.0 Å². The van der Waals surface area contributed by atoms with Crippen molar-refractivity contribution in [3.05, 3.63) is 29.1 Å². The molecular weight excluding hydrogens is 200 g/mol. The fourth-order valence-corrected chi connectivity index (χ4v) is 1.68. The monoisotopic (exact) mass is 206 g/mol. The lowest BCUT2D eigenvalue weighted by molar-refractivity contribution is 0.970. The Morgan fingerprint density at radius 2 is 2.43 bits per heavy atom. The summed E-state index contributed by atoms with van der Waals surface area (Å²) in [7, 11) is 0. The second-order valence-electron chi connectivity index (χ2n) is 2.92. The van der Waals surface area contributed by atoms with Gasteiger partial charge in [0.1, 0.15) is 5.82 Å². The van der Waals surface area contributed by atoms with Crippen molar-refractivity contribution in [3.8, 4) is 6.07 Å². The van der Waals surface area contributed by atoms with Crippen LogP contribution in [0.15, 0.2) is 12.3 Å². The van der Waals surface area contributed by atoms with Crippen molar-refractivity contribution in [1.82, 2.24) is 14.4 Å². The minimum atomic E-state index is 0.264. The van der Waals surface area contributed by atoms with E-state index >= 15 is 0 Å². The lowest BCUT2D eigenvalue weighted by Gasteiger charge is -2.01. The maximum atomic E-state index is 8.53. The molecule has 0 aliphatic heterocycles. The number of imidazole rings is 1. The van der Waals surface area contributed by atoms with E-state index in [4.69, 9.17) is 16.9 Å². The number of halogens is 1. The third-order valence-electron chi connectivity index (χ3n) is 1.96. The summed E-state index contributed by atoms with van der Waals surface area (Å²) in [5.74, 6) is 0.793. The molecule has 0 aliphatic carbocycles. The fraction of sp³-hybridized carbons (Fsp3) is 0.222. The molecule has 0 unspecified atom stereocenters. The van der Waals surface area contributed by atoms with Gasteiger partial charge in [0, 0.05) is 0 Å². The third kappa shape index (κ3) is 1.32. The molecule has 0 N–H and O–H groups in total. The summed E-state index contributed by atoms with van der Waals surface area (Å²) in [5, 5.41) is 8.88. The number of hydrogen-bond acceptors (Lipinski definition) is 3. The van der Waals surface area contributed by atoms with Gasteiger partial charge in [0.25, 0.3) is 0 Å². The smallest absolute Gasteiger partial charge is 0.209 e. The zero-order chi connectivity index (χ0) is 10.1. The molecule has 2 aromatic rings. The lowest BCUT2D eigenvalue weighted by Crippen LogP contribution is -1.97. The SMILES string of the molecule is Cc1ncc2cc(CC#N)nc(Cl)n12. The number of hydrogen-bond donors (Lipinski definition) is 0. The molecule has 70 valence electrons. The summed E-state index contributed by atoms with van der Waals surface area (Å²) >= 11 is 5.95. The molecule has 0 atom stereocenters. The number of aryl methyl sites for hydroxylation is 1. The minimum absolute atomic E-state index is 0.264. The van der Waals surface area contributed by atoms with Crippen molar-refractivity contribution in [1.29, 1.82) is 5.26 Å². The molecule has 4 nitrogen and oxygen atoms in total. The summed E-state index contributed by atoms with van der Waals surface area (Å²) in [5.41, 5.74) is 1.54. The number of rotatable bonds is 1. The van der Waals surface area contributed by atoms with Crippen molar-refractivity contribution < 1.29 is 0 Å². The van der Waals surface area contributed by atoms with E-state index in [1.807, 2.05) is 19.1 Å². The van der Waals surface area contributed by atoms with Crippen molar-refractivity contribution in [2.24, 2.45) is 0 Å². The van der Waals surface area contributed by atoms with Crippen LogP contribution in [0.4, 0.5) is 0 Å². The highest BCUT2D eigenvalue weighted by Gasteiger charge is 2.06. The predicted octanol–water partition coefficient (Wildman–Crippen LogP) is 1.76. The summed E-state index contributed by atoms with van der Waals surface area (Å²) in [6.45, 7) is 1.85. The first-order chi connectivity index (χ1) is 6.72. The van der Waals surface area contributed by atoms with Gasteiger partial charge in [-0.2, -0.15) is 5.26 Å². The van der Waals surface area contributed by atoms with Crippen LogP contribution in [-0.2, 0) is 6.42 Å². The zero-order valence-electron chi connectivity index (χ0n) is 7.53. The number of fused-ring (bicyclic) bond motifs is 1. The quantitative estimate of drug-likeness (QED) is 0.668. The van der Waals surface area contributed by atoms with Gasteiger partial charge >= 0.3 is 0 Å². The third-order valence-corrected chi connectivity index (χ3v) is 2.21. The van der Waals surface area contributed by atoms with Crippen LogP contribution >= 0.6 is 11.6 Å². The Morgan fingerprint density at radius 3 is 3.14 bits per heavy atom. The molecule has 0 radical (unpaired) electrons. The van der Waals surface area contributed by atoms with Gasteiger partial charge in [0.2, 0.25) is 5.28 Å². The first-order valence-corrected chi connectivity index (χ1v) is 4.46. The molecule has 2 rings (SSSR count). The average Bonchev–Trinajstić information content (AvgIpc) is 2.48. The van der Waals surface area contributed by atoms with E-state index in [9.17, 15) is 0 Å². The Kier molecular flexibility index (Phi) is 2.10. The number of nitriles is 1. The molecule has 0 bridgehead atoms. The van der Waals surface area contributed by atoms with Gasteiger partial charge in [-0.1, -0.05) is 0 Å². The normalized spacial score (nSPS) is 10.4. The highest BCUT2D eigenvalue weighted by atomic mass is 35.5. The first-order valence-electron chi connectivity index (χ1n) is 4.09. The topological polar surface area (TPSA) is 54.0 Å². The van der Waals surface area contributed by atoms with E-state index < -0.39 is 0 Å². The second kappa shape index (κ2) is 3.28. The van der Waals surface area contributed by atoms with E-state index in [0.717, 1.165) is 11.3 Å². The van der Waals surface area contributed by atoms with Crippen LogP contribution in [0.25, 0.3) is 5.52 Å². The van der Waals surface area contributed by atoms with Crippen LogP contribution in [-0.4, -0.2) is 14.4 Å². The Balaban J connectivity index is 2.69. The van der Waals surface area contributed by atoms with Crippen LogP contribution in [0.3, 0.4) is 0 Å². The van der Waals surface area contributed by atoms with E-state index in [1.165, 1.54) is 0 Å². The van der Waals surface area contributed by atoms with Crippen LogP contribution in [0, 0.1) is 18.3 Å². The van der Waals surface area contributed by atoms with Gasteiger partial charge in [-0.05, 0) is 24.6 Å². The zero-order valence-corrected chi connectivity index (χ0v) is 8.28. The molecule has 2 aromatic heterocycles. The first kappa shape index (κ1) is 8.97. The predicted molar refractivity (Wildman–Crippen MR) is 52.1 cm³/mol. The van der Waals surface area contributed by atoms with Crippen molar-refractivity contribution >= 4 is 17.1 Å². The highest BCUT2D eigenvalue weighted by molar-refractivity contribution is 6.28. The van der Waals surface area contributed by atoms with Crippen molar-refractivity contribution in [2.45, 2.75) is 13.3 Å². The molecule has 0 saturated heterocycles. The number of aromatic nitrogens is 3. The van der Waals surface area contributed by atoms with E-state index in [2.05, 4.69) is 9.97 Å². The van der Waals surface area contributed by atoms with Crippen LogP contribution < -0.4 is 0 Å². The second-order valence-corrected chi connectivity index (χ2v) is 3.26. The highest BCUT2D eigenvalue weighted by Crippen LogP contribution is 2.14. The van der Waals surface area contributed by atoms with Gasteiger partial charge in [0.15, 0.2) is 0 Å². The summed E-state index contributed by atoms with van der Waals surface area (Å²) in [6, 6.07) is 3.85. The van der Waals surface area contributed by atoms with E-state index in [-0.39, 0.29) is 6.42 Å². The fourth-order valence-electron chi connectivity index (χ4n) is 1.35. The summed E-state index contributed by atoms with van der Waals surface area (Å²) in [4.78, 5) is 8.20. The van der Waals surface area contributed by atoms with Gasteiger partial charge in [-0.25, -0.2) is 9.97 Å². The Bertz CT molecular complexity index is 523. The largest absolute Gasteiger partial charge is 0.271 e. The molecular formula is C9H7ClN4. The Labute approximate surface area is 85.8 Å². The van der Waals surface area contributed by atoms with Crippen LogP contribution in [0.2, 0.25) is 5.28 Å². The molecule has 0 aromatic carbocycles. The molecule has 0 saturated carbocycles. The average molecular weight is 207 g/mol. The van der Waals surface area contributed by atoms with Crippen molar-refractivity contribution in [3.63, 3.8) is 0 Å². The van der Waals surface area contributed by atoms with E-state index in [1.54, 1.807) is 10.6 Å². The van der Waals surface area contributed by atoms with Crippen LogP contribution in [0.1, 0.15) is 11.5 Å². The lowest BCUT2D eigenvalue weighted by atomic mass is 10.3. The molecule has 2 heterocycles. The minimum Gasteiger partial charge on any atom is -0.271 e. The van der Waals surface area contributed by atoms with Gasteiger partial charge in [-0.3, -0.25) is 4.40 Å². The summed E-state index contributed by atoms with van der Waals surface area (Å²) < 4.78 is 1.74. The van der Waals surface area contributed by atoms with Gasteiger partial charge in [-0.15, -0.1) is 0 Å². The van der Waals surface area contributed by atoms with Gasteiger partial charge in [0.05, 0.1) is 29.9 Å². The summed E-state index contributed by atoms with van der Waals surface area (Å²) in [6.07, 6.45) is 1.98. The maximum Gasteiger partial charge on any atom is 0.209 e. The van der Waals surface area contributed by atoms with Crippen LogP contribution in [0.5, 0.6) is 0 Å². The molecule has 0 fully saturated rings. The van der Waals surface area contributed by atoms with Gasteiger partial charge < -0.3 is 0 Å².